The van der Waals surface area contributed by atoms with Crippen LogP contribution in [0.4, 0.5) is 5.69 Å². The van der Waals surface area contributed by atoms with E-state index in [1.165, 1.54) is 18.0 Å². The highest BCUT2D eigenvalue weighted by Gasteiger charge is 2.15. The third-order valence-electron chi connectivity index (χ3n) is 3.80. The lowest BCUT2D eigenvalue weighted by atomic mass is 10.2. The first-order chi connectivity index (χ1) is 12.9. The van der Waals surface area contributed by atoms with Gasteiger partial charge in [0.15, 0.2) is 11.5 Å². The summed E-state index contributed by atoms with van der Waals surface area (Å²) >= 11 is 12.0. The van der Waals surface area contributed by atoms with Crippen LogP contribution in [0.1, 0.15) is 5.56 Å². The van der Waals surface area contributed by atoms with Crippen LogP contribution in [0.5, 0.6) is 11.5 Å². The predicted molar refractivity (Wildman–Crippen MR) is 104 cm³/mol. The first-order valence-corrected chi connectivity index (χ1v) is 8.76. The quantitative estimate of drug-likeness (QED) is 0.765. The van der Waals surface area contributed by atoms with Crippen molar-refractivity contribution >= 4 is 46.8 Å². The smallest absolute Gasteiger partial charge is 0.246 e. The summed E-state index contributed by atoms with van der Waals surface area (Å²) in [5.74, 6) is 0.574. The molecule has 0 atom stereocenters. The number of benzene rings is 2. The van der Waals surface area contributed by atoms with Gasteiger partial charge in [-0.3, -0.25) is 9.59 Å². The van der Waals surface area contributed by atoms with E-state index in [0.717, 1.165) is 5.56 Å². The van der Waals surface area contributed by atoms with Crippen molar-refractivity contribution in [1.82, 2.24) is 4.90 Å². The molecule has 0 aromatic heterocycles. The minimum Gasteiger partial charge on any atom is -0.454 e. The molecule has 0 radical (unpaired) electrons. The van der Waals surface area contributed by atoms with Gasteiger partial charge < -0.3 is 19.7 Å². The molecule has 0 saturated carbocycles. The second-order valence-electron chi connectivity index (χ2n) is 5.79. The third kappa shape index (κ3) is 4.72. The standard InChI is InChI=1S/C19H16Cl2N2O4/c1-23(10-17(24)22-19-13(20)3-2-4-14(19)21)18(25)8-6-12-5-7-15-16(9-12)27-11-26-15/h2-9H,10-11H2,1H3,(H,22,24)/b8-6+. The van der Waals surface area contributed by atoms with E-state index in [0.29, 0.717) is 27.2 Å². The Morgan fingerprint density at radius 1 is 1.15 bits per heavy atom. The lowest BCUT2D eigenvalue weighted by molar-refractivity contribution is -0.129. The zero-order chi connectivity index (χ0) is 19.4. The molecule has 0 spiro atoms. The van der Waals surface area contributed by atoms with Gasteiger partial charge in [0.25, 0.3) is 0 Å². The van der Waals surface area contributed by atoms with Gasteiger partial charge in [0, 0.05) is 13.1 Å². The number of likely N-dealkylation sites (N-methyl/N-ethyl adjacent to an activating group) is 1. The minimum absolute atomic E-state index is 0.147. The summed E-state index contributed by atoms with van der Waals surface area (Å²) in [6.07, 6.45) is 3.02. The molecule has 3 rings (SSSR count). The molecule has 6 nitrogen and oxygen atoms in total. The number of carbonyl (C=O) groups excluding carboxylic acids is 2. The summed E-state index contributed by atoms with van der Waals surface area (Å²) in [6.45, 7) is 0.0423. The van der Waals surface area contributed by atoms with E-state index in [-0.39, 0.29) is 19.2 Å². The monoisotopic (exact) mass is 406 g/mol. The van der Waals surface area contributed by atoms with Crippen LogP contribution in [-0.2, 0) is 9.59 Å². The molecule has 2 amide bonds. The van der Waals surface area contributed by atoms with Crippen molar-refractivity contribution in [2.24, 2.45) is 0 Å². The minimum atomic E-state index is -0.405. The average Bonchev–Trinajstić information content (AvgIpc) is 3.10. The molecule has 1 aliphatic heterocycles. The number of carbonyl (C=O) groups is 2. The molecule has 1 heterocycles. The van der Waals surface area contributed by atoms with Gasteiger partial charge in [-0.15, -0.1) is 0 Å². The number of ether oxygens (including phenoxy) is 2. The first kappa shape index (κ1) is 19.1. The molecule has 27 heavy (non-hydrogen) atoms. The third-order valence-corrected chi connectivity index (χ3v) is 4.43. The number of hydrogen-bond acceptors (Lipinski definition) is 4. The van der Waals surface area contributed by atoms with Crippen LogP contribution in [0, 0.1) is 0 Å². The van der Waals surface area contributed by atoms with Crippen molar-refractivity contribution in [2.45, 2.75) is 0 Å². The molecule has 1 aliphatic rings. The van der Waals surface area contributed by atoms with E-state index in [2.05, 4.69) is 5.32 Å². The van der Waals surface area contributed by atoms with Crippen LogP contribution in [0.2, 0.25) is 10.0 Å². The first-order valence-electron chi connectivity index (χ1n) is 8.01. The van der Waals surface area contributed by atoms with Crippen molar-refractivity contribution in [2.75, 3.05) is 25.7 Å². The molecular weight excluding hydrogens is 391 g/mol. The zero-order valence-electron chi connectivity index (χ0n) is 14.4. The number of anilines is 1. The largest absolute Gasteiger partial charge is 0.454 e. The van der Waals surface area contributed by atoms with Gasteiger partial charge in [-0.25, -0.2) is 0 Å². The van der Waals surface area contributed by atoms with Crippen molar-refractivity contribution in [3.63, 3.8) is 0 Å². The van der Waals surface area contributed by atoms with Crippen molar-refractivity contribution in [3.8, 4) is 11.5 Å². The number of nitrogens with one attached hydrogen (secondary N) is 1. The maximum absolute atomic E-state index is 12.2. The molecule has 0 fully saturated rings. The maximum atomic E-state index is 12.2. The van der Waals surface area contributed by atoms with E-state index in [1.807, 2.05) is 6.07 Å². The molecule has 0 saturated heterocycles. The van der Waals surface area contributed by atoms with Gasteiger partial charge in [-0.05, 0) is 35.9 Å². The van der Waals surface area contributed by atoms with Crippen LogP contribution in [-0.4, -0.2) is 37.1 Å². The van der Waals surface area contributed by atoms with Crippen molar-refractivity contribution in [3.05, 3.63) is 58.1 Å². The highest BCUT2D eigenvalue weighted by molar-refractivity contribution is 6.39. The number of fused-ring (bicyclic) bond motifs is 1. The Kier molecular flexibility index (Phi) is 5.88. The van der Waals surface area contributed by atoms with E-state index in [1.54, 1.807) is 36.4 Å². The van der Waals surface area contributed by atoms with Crippen LogP contribution in [0.25, 0.3) is 6.08 Å². The van der Waals surface area contributed by atoms with Crippen LogP contribution >= 0.6 is 23.2 Å². The summed E-state index contributed by atoms with van der Waals surface area (Å²) in [7, 11) is 1.53. The molecule has 1 N–H and O–H groups in total. The Labute approximate surface area is 166 Å². The van der Waals surface area contributed by atoms with E-state index < -0.39 is 5.91 Å². The molecule has 0 aliphatic carbocycles. The lowest BCUT2D eigenvalue weighted by Gasteiger charge is -2.15. The number of hydrogen-bond donors (Lipinski definition) is 1. The maximum Gasteiger partial charge on any atom is 0.246 e. The Morgan fingerprint density at radius 2 is 1.85 bits per heavy atom. The summed E-state index contributed by atoms with van der Waals surface area (Å²) in [5, 5.41) is 3.27. The molecule has 0 unspecified atom stereocenters. The fraction of sp³-hybridized carbons (Fsp3) is 0.158. The Bertz CT molecular complexity index is 894. The summed E-state index contributed by atoms with van der Waals surface area (Å²) in [6, 6.07) is 10.3. The van der Waals surface area contributed by atoms with Gasteiger partial charge in [-0.2, -0.15) is 0 Å². The number of nitrogens with zero attached hydrogens (tertiary/aromatic N) is 1. The normalized spacial score (nSPS) is 12.3. The molecule has 2 aromatic carbocycles. The fourth-order valence-electron chi connectivity index (χ4n) is 2.40. The SMILES string of the molecule is CN(CC(=O)Nc1c(Cl)cccc1Cl)C(=O)/C=C/c1ccc2c(c1)OCO2. The molecule has 0 bridgehead atoms. The van der Waals surface area contributed by atoms with E-state index in [9.17, 15) is 9.59 Å². The summed E-state index contributed by atoms with van der Waals surface area (Å²) in [4.78, 5) is 25.7. The van der Waals surface area contributed by atoms with Crippen LogP contribution < -0.4 is 14.8 Å². The average molecular weight is 407 g/mol. The Hall–Kier alpha value is -2.70. The van der Waals surface area contributed by atoms with Gasteiger partial charge in [-0.1, -0.05) is 35.3 Å². The Balaban J connectivity index is 1.58. The summed E-state index contributed by atoms with van der Waals surface area (Å²) < 4.78 is 10.5. The molecule has 140 valence electrons. The Morgan fingerprint density at radius 3 is 2.59 bits per heavy atom. The predicted octanol–water partition coefficient (Wildman–Crippen LogP) is 3.83. The fourth-order valence-corrected chi connectivity index (χ4v) is 2.89. The lowest BCUT2D eigenvalue weighted by Crippen LogP contribution is -2.34. The number of rotatable bonds is 5. The van der Waals surface area contributed by atoms with Gasteiger partial charge in [0.2, 0.25) is 18.6 Å². The molecular formula is C19H16Cl2N2O4. The number of halogens is 2. The number of para-hydroxylation sites is 1. The van der Waals surface area contributed by atoms with E-state index >= 15 is 0 Å². The zero-order valence-corrected chi connectivity index (χ0v) is 15.9. The molecule has 8 heteroatoms. The van der Waals surface area contributed by atoms with Crippen LogP contribution in [0.3, 0.4) is 0 Å². The number of amides is 2. The second-order valence-corrected chi connectivity index (χ2v) is 6.60. The van der Waals surface area contributed by atoms with Crippen molar-refractivity contribution in [1.29, 1.82) is 0 Å². The van der Waals surface area contributed by atoms with Crippen molar-refractivity contribution < 1.29 is 19.1 Å². The molecule has 2 aromatic rings. The van der Waals surface area contributed by atoms with Crippen LogP contribution in [0.15, 0.2) is 42.5 Å². The van der Waals surface area contributed by atoms with Gasteiger partial charge in [0.05, 0.1) is 22.3 Å². The van der Waals surface area contributed by atoms with Gasteiger partial charge >= 0.3 is 0 Å². The summed E-state index contributed by atoms with van der Waals surface area (Å²) in [5.41, 5.74) is 1.11. The topological polar surface area (TPSA) is 67.9 Å². The second kappa shape index (κ2) is 8.33. The highest BCUT2D eigenvalue weighted by Crippen LogP contribution is 2.33. The van der Waals surface area contributed by atoms with Gasteiger partial charge in [0.1, 0.15) is 0 Å². The van der Waals surface area contributed by atoms with E-state index in [4.69, 9.17) is 32.7 Å². The highest BCUT2D eigenvalue weighted by atomic mass is 35.5.